The minimum atomic E-state index is -3.61. The summed E-state index contributed by atoms with van der Waals surface area (Å²) in [5.74, 6) is -0.406. The molecule has 108 valence electrons. The standard InChI is InChI=1S/C13H15FN2O2S2/c1-2-15-9-12-7-8-13(19-12)20(17,18)16-11-5-3-10(14)4-6-11/h3-8,15-16H,2,9H2,1H3. The van der Waals surface area contributed by atoms with Crippen LogP contribution in [0.4, 0.5) is 10.1 Å². The van der Waals surface area contributed by atoms with Crippen LogP contribution in [-0.4, -0.2) is 15.0 Å². The first-order valence-corrected chi connectivity index (χ1v) is 8.39. The minimum absolute atomic E-state index is 0.245. The molecule has 4 nitrogen and oxygen atoms in total. The van der Waals surface area contributed by atoms with Gasteiger partial charge in [0.15, 0.2) is 0 Å². The van der Waals surface area contributed by atoms with Crippen molar-refractivity contribution in [2.45, 2.75) is 17.7 Å². The molecule has 0 radical (unpaired) electrons. The zero-order valence-corrected chi connectivity index (χ0v) is 12.5. The average molecular weight is 314 g/mol. The SMILES string of the molecule is CCNCc1ccc(S(=O)(=O)Nc2ccc(F)cc2)s1. The van der Waals surface area contributed by atoms with Gasteiger partial charge in [-0.05, 0) is 42.9 Å². The van der Waals surface area contributed by atoms with Gasteiger partial charge in [0.05, 0.1) is 0 Å². The Bertz CT molecular complexity index is 666. The molecule has 1 heterocycles. The summed E-state index contributed by atoms with van der Waals surface area (Å²) in [5, 5.41) is 3.14. The summed E-state index contributed by atoms with van der Waals surface area (Å²) in [6, 6.07) is 8.56. The largest absolute Gasteiger partial charge is 0.312 e. The van der Waals surface area contributed by atoms with Gasteiger partial charge in [0.2, 0.25) is 0 Å². The van der Waals surface area contributed by atoms with Crippen molar-refractivity contribution in [1.29, 1.82) is 0 Å². The number of thiophene rings is 1. The molecule has 0 aliphatic rings. The molecule has 0 unspecified atom stereocenters. The fraction of sp³-hybridized carbons (Fsp3) is 0.231. The summed E-state index contributed by atoms with van der Waals surface area (Å²) >= 11 is 1.22. The van der Waals surface area contributed by atoms with Crippen LogP contribution in [0.5, 0.6) is 0 Å². The third kappa shape index (κ3) is 3.78. The van der Waals surface area contributed by atoms with Crippen LogP contribution in [-0.2, 0) is 16.6 Å². The lowest BCUT2D eigenvalue weighted by molar-refractivity contribution is 0.603. The number of hydrogen-bond acceptors (Lipinski definition) is 4. The molecule has 0 bridgehead atoms. The molecule has 2 aromatic rings. The molecule has 1 aromatic carbocycles. The second kappa shape index (κ2) is 6.34. The summed E-state index contributed by atoms with van der Waals surface area (Å²) in [6.07, 6.45) is 0. The first-order chi connectivity index (χ1) is 9.51. The highest BCUT2D eigenvalue weighted by Gasteiger charge is 2.16. The van der Waals surface area contributed by atoms with Gasteiger partial charge in [0, 0.05) is 17.1 Å². The van der Waals surface area contributed by atoms with Gasteiger partial charge in [-0.15, -0.1) is 11.3 Å². The third-order valence-electron chi connectivity index (χ3n) is 2.55. The Morgan fingerprint density at radius 1 is 1.15 bits per heavy atom. The van der Waals surface area contributed by atoms with E-state index in [1.165, 1.54) is 35.6 Å². The topological polar surface area (TPSA) is 58.2 Å². The molecule has 0 spiro atoms. The Morgan fingerprint density at radius 2 is 1.85 bits per heavy atom. The maximum absolute atomic E-state index is 12.8. The molecule has 0 amide bonds. The summed E-state index contributed by atoms with van der Waals surface area (Å²) < 4.78 is 39.8. The summed E-state index contributed by atoms with van der Waals surface area (Å²) in [6.45, 7) is 3.46. The quantitative estimate of drug-likeness (QED) is 0.862. The lowest BCUT2D eigenvalue weighted by Crippen LogP contribution is -2.11. The zero-order valence-electron chi connectivity index (χ0n) is 10.9. The maximum Gasteiger partial charge on any atom is 0.271 e. The van der Waals surface area contributed by atoms with Crippen LogP contribution in [0.1, 0.15) is 11.8 Å². The number of halogens is 1. The maximum atomic E-state index is 12.8. The predicted molar refractivity (Wildman–Crippen MR) is 78.9 cm³/mol. The smallest absolute Gasteiger partial charge is 0.271 e. The number of benzene rings is 1. The van der Waals surface area contributed by atoms with Crippen molar-refractivity contribution in [2.24, 2.45) is 0 Å². The lowest BCUT2D eigenvalue weighted by Gasteiger charge is -2.05. The first kappa shape index (κ1) is 15.0. The van der Waals surface area contributed by atoms with E-state index in [0.717, 1.165) is 11.4 Å². The van der Waals surface area contributed by atoms with Crippen molar-refractivity contribution in [2.75, 3.05) is 11.3 Å². The van der Waals surface area contributed by atoms with E-state index in [-0.39, 0.29) is 4.21 Å². The van der Waals surface area contributed by atoms with E-state index in [1.807, 2.05) is 6.92 Å². The van der Waals surface area contributed by atoms with Crippen LogP contribution in [0, 0.1) is 5.82 Å². The van der Waals surface area contributed by atoms with Gasteiger partial charge in [0.1, 0.15) is 10.0 Å². The van der Waals surface area contributed by atoms with Crippen LogP contribution in [0.2, 0.25) is 0 Å². The highest BCUT2D eigenvalue weighted by molar-refractivity contribution is 7.94. The van der Waals surface area contributed by atoms with Gasteiger partial charge in [-0.2, -0.15) is 0 Å². The van der Waals surface area contributed by atoms with E-state index in [2.05, 4.69) is 10.0 Å². The summed E-state index contributed by atoms with van der Waals surface area (Å²) in [7, 11) is -3.61. The second-order valence-corrected chi connectivity index (χ2v) is 7.19. The number of sulfonamides is 1. The second-order valence-electron chi connectivity index (χ2n) is 4.11. The fourth-order valence-electron chi connectivity index (χ4n) is 1.57. The van der Waals surface area contributed by atoms with Crippen LogP contribution in [0.3, 0.4) is 0 Å². The summed E-state index contributed by atoms with van der Waals surface area (Å²) in [5.41, 5.74) is 0.341. The van der Waals surface area contributed by atoms with Crippen molar-refractivity contribution in [3.8, 4) is 0 Å². The molecule has 7 heteroatoms. The molecule has 0 aliphatic heterocycles. The molecule has 2 N–H and O–H groups in total. The highest BCUT2D eigenvalue weighted by atomic mass is 32.2. The van der Waals surface area contributed by atoms with E-state index in [4.69, 9.17) is 0 Å². The van der Waals surface area contributed by atoms with Crippen LogP contribution in [0.25, 0.3) is 0 Å². The van der Waals surface area contributed by atoms with Gasteiger partial charge < -0.3 is 5.32 Å². The van der Waals surface area contributed by atoms with E-state index in [1.54, 1.807) is 12.1 Å². The molecule has 0 saturated heterocycles. The number of nitrogens with one attached hydrogen (secondary N) is 2. The van der Waals surface area contributed by atoms with Gasteiger partial charge in [-0.3, -0.25) is 4.72 Å². The van der Waals surface area contributed by atoms with Gasteiger partial charge in [-0.25, -0.2) is 12.8 Å². The normalized spacial score (nSPS) is 11.5. The van der Waals surface area contributed by atoms with Crippen LogP contribution < -0.4 is 10.0 Å². The van der Waals surface area contributed by atoms with Crippen LogP contribution >= 0.6 is 11.3 Å². The van der Waals surface area contributed by atoms with E-state index in [9.17, 15) is 12.8 Å². The van der Waals surface area contributed by atoms with E-state index < -0.39 is 15.8 Å². The number of hydrogen-bond donors (Lipinski definition) is 2. The number of anilines is 1. The van der Waals surface area contributed by atoms with Gasteiger partial charge in [0.25, 0.3) is 10.0 Å². The van der Waals surface area contributed by atoms with Crippen LogP contribution in [0.15, 0.2) is 40.6 Å². The monoisotopic (exact) mass is 314 g/mol. The third-order valence-corrected chi connectivity index (χ3v) is 5.51. The van der Waals surface area contributed by atoms with Crippen molar-refractivity contribution < 1.29 is 12.8 Å². The molecule has 0 atom stereocenters. The van der Waals surface area contributed by atoms with E-state index >= 15 is 0 Å². The molecule has 0 aliphatic carbocycles. The zero-order chi connectivity index (χ0) is 14.6. The van der Waals surface area contributed by atoms with Crippen molar-refractivity contribution in [3.05, 3.63) is 47.1 Å². The Morgan fingerprint density at radius 3 is 2.50 bits per heavy atom. The lowest BCUT2D eigenvalue weighted by atomic mass is 10.3. The molecule has 20 heavy (non-hydrogen) atoms. The molecule has 0 saturated carbocycles. The molecular weight excluding hydrogens is 299 g/mol. The Hall–Kier alpha value is -1.44. The fourth-order valence-corrected chi connectivity index (χ4v) is 3.95. The molecular formula is C13H15FN2O2S2. The van der Waals surface area contributed by atoms with Gasteiger partial charge in [-0.1, -0.05) is 6.92 Å². The molecule has 2 rings (SSSR count). The van der Waals surface area contributed by atoms with Crippen molar-refractivity contribution >= 4 is 27.0 Å². The Labute approximate surface area is 121 Å². The Kier molecular flexibility index (Phi) is 4.74. The highest BCUT2D eigenvalue weighted by Crippen LogP contribution is 2.24. The summed E-state index contributed by atoms with van der Waals surface area (Å²) in [4.78, 5) is 0.950. The molecule has 1 aromatic heterocycles. The average Bonchev–Trinajstić information content (AvgIpc) is 2.88. The molecule has 0 fully saturated rings. The Balaban J connectivity index is 2.13. The minimum Gasteiger partial charge on any atom is -0.312 e. The first-order valence-electron chi connectivity index (χ1n) is 6.09. The van der Waals surface area contributed by atoms with Crippen molar-refractivity contribution in [3.63, 3.8) is 0 Å². The predicted octanol–water partition coefficient (Wildman–Crippen LogP) is 2.80. The van der Waals surface area contributed by atoms with E-state index in [0.29, 0.717) is 12.2 Å². The van der Waals surface area contributed by atoms with Crippen molar-refractivity contribution in [1.82, 2.24) is 5.32 Å². The number of rotatable bonds is 6. The van der Waals surface area contributed by atoms with Gasteiger partial charge >= 0.3 is 0 Å².